The number of likely N-dealkylation sites (tertiary alicyclic amines) is 1. The lowest BCUT2D eigenvalue weighted by atomic mass is 9.94. The second kappa shape index (κ2) is 8.57. The van der Waals surface area contributed by atoms with Crippen LogP contribution in [0.4, 0.5) is 5.69 Å². The minimum absolute atomic E-state index is 0.0190. The molecule has 3 rings (SSSR count). The molecule has 0 unspecified atom stereocenters. The second-order valence-electron chi connectivity index (χ2n) is 7.00. The molecule has 5 heteroatoms. The number of hydrogen-bond donors (Lipinski definition) is 0. The normalized spacial score (nSPS) is 14.9. The van der Waals surface area contributed by atoms with Crippen LogP contribution < -0.4 is 4.90 Å². The maximum absolute atomic E-state index is 13.0. The van der Waals surface area contributed by atoms with Gasteiger partial charge in [0.25, 0.3) is 5.91 Å². The molecule has 0 atom stereocenters. The van der Waals surface area contributed by atoms with Crippen LogP contribution in [0.1, 0.15) is 35.7 Å². The molecule has 1 aliphatic rings. The van der Waals surface area contributed by atoms with Crippen molar-refractivity contribution < 1.29 is 9.59 Å². The lowest BCUT2D eigenvalue weighted by molar-refractivity contribution is -0.123. The summed E-state index contributed by atoms with van der Waals surface area (Å²) in [6.45, 7) is 5.85. The molecule has 0 aromatic heterocycles. The Morgan fingerprint density at radius 2 is 1.81 bits per heavy atom. The van der Waals surface area contributed by atoms with E-state index in [2.05, 4.69) is 0 Å². The molecule has 0 radical (unpaired) electrons. The summed E-state index contributed by atoms with van der Waals surface area (Å²) in [6.07, 6.45) is 1.38. The van der Waals surface area contributed by atoms with E-state index < -0.39 is 0 Å². The predicted octanol–water partition coefficient (Wildman–Crippen LogP) is 4.55. The Morgan fingerprint density at radius 1 is 1.11 bits per heavy atom. The average molecular weight is 385 g/mol. The first-order valence-electron chi connectivity index (χ1n) is 9.42. The first kappa shape index (κ1) is 19.4. The summed E-state index contributed by atoms with van der Waals surface area (Å²) in [4.78, 5) is 29.4. The Bertz CT molecular complexity index is 829. The summed E-state index contributed by atoms with van der Waals surface area (Å²) < 4.78 is 0. The lowest BCUT2D eigenvalue weighted by Gasteiger charge is -2.34. The second-order valence-corrected chi connectivity index (χ2v) is 7.43. The highest BCUT2D eigenvalue weighted by atomic mass is 35.5. The Kier molecular flexibility index (Phi) is 6.17. The van der Waals surface area contributed by atoms with Crippen LogP contribution >= 0.6 is 11.6 Å². The molecule has 1 fully saturated rings. The van der Waals surface area contributed by atoms with Crippen LogP contribution in [0.15, 0.2) is 48.5 Å². The molecule has 0 bridgehead atoms. The summed E-state index contributed by atoms with van der Waals surface area (Å²) in [7, 11) is 0. The van der Waals surface area contributed by atoms with E-state index in [1.165, 1.54) is 0 Å². The molecule has 0 spiro atoms. The summed E-state index contributed by atoms with van der Waals surface area (Å²) in [5.41, 5.74) is 2.68. The molecule has 0 aliphatic carbocycles. The van der Waals surface area contributed by atoms with Gasteiger partial charge in [0.2, 0.25) is 5.91 Å². The SMILES string of the molecule is CCN(C(=O)C1CCN(C(=O)c2cccc(Cl)c2)CC1)c1cccc(C)c1. The largest absolute Gasteiger partial charge is 0.339 e. The van der Waals surface area contributed by atoms with Gasteiger partial charge >= 0.3 is 0 Å². The molecule has 142 valence electrons. The maximum Gasteiger partial charge on any atom is 0.253 e. The molecule has 2 aromatic carbocycles. The Balaban J connectivity index is 1.64. The van der Waals surface area contributed by atoms with Crippen molar-refractivity contribution in [3.8, 4) is 0 Å². The van der Waals surface area contributed by atoms with Gasteiger partial charge in [-0.05, 0) is 62.6 Å². The van der Waals surface area contributed by atoms with E-state index in [9.17, 15) is 9.59 Å². The Morgan fingerprint density at radius 3 is 2.44 bits per heavy atom. The highest BCUT2D eigenvalue weighted by Crippen LogP contribution is 2.25. The van der Waals surface area contributed by atoms with E-state index in [4.69, 9.17) is 11.6 Å². The average Bonchev–Trinajstić information content (AvgIpc) is 2.68. The van der Waals surface area contributed by atoms with E-state index in [1.54, 1.807) is 24.3 Å². The van der Waals surface area contributed by atoms with Gasteiger partial charge in [0.1, 0.15) is 0 Å². The minimum Gasteiger partial charge on any atom is -0.339 e. The number of anilines is 1. The number of aryl methyl sites for hydroxylation is 1. The monoisotopic (exact) mass is 384 g/mol. The van der Waals surface area contributed by atoms with Gasteiger partial charge in [-0.3, -0.25) is 9.59 Å². The van der Waals surface area contributed by atoms with E-state index in [-0.39, 0.29) is 17.7 Å². The van der Waals surface area contributed by atoms with Gasteiger partial charge in [-0.15, -0.1) is 0 Å². The third kappa shape index (κ3) is 4.51. The van der Waals surface area contributed by atoms with Gasteiger partial charge in [-0.25, -0.2) is 0 Å². The minimum atomic E-state index is -0.0473. The lowest BCUT2D eigenvalue weighted by Crippen LogP contribution is -2.44. The van der Waals surface area contributed by atoms with Crippen molar-refractivity contribution in [1.82, 2.24) is 4.90 Å². The van der Waals surface area contributed by atoms with Gasteiger partial charge in [-0.2, -0.15) is 0 Å². The number of benzene rings is 2. The van der Waals surface area contributed by atoms with Gasteiger partial charge in [0, 0.05) is 41.8 Å². The van der Waals surface area contributed by atoms with Gasteiger partial charge < -0.3 is 9.80 Å². The summed E-state index contributed by atoms with van der Waals surface area (Å²) >= 11 is 5.99. The summed E-state index contributed by atoms with van der Waals surface area (Å²) in [6, 6.07) is 15.0. The molecule has 1 saturated heterocycles. The summed E-state index contributed by atoms with van der Waals surface area (Å²) in [5, 5.41) is 0.558. The fourth-order valence-electron chi connectivity index (χ4n) is 3.62. The van der Waals surface area contributed by atoms with Crippen LogP contribution in [0.5, 0.6) is 0 Å². The molecular formula is C22H25ClN2O2. The zero-order chi connectivity index (χ0) is 19.4. The zero-order valence-electron chi connectivity index (χ0n) is 15.8. The number of nitrogens with zero attached hydrogens (tertiary/aromatic N) is 2. The van der Waals surface area contributed by atoms with Crippen LogP contribution in [0.2, 0.25) is 5.02 Å². The fraction of sp³-hybridized carbons (Fsp3) is 0.364. The number of carbonyl (C=O) groups excluding carboxylic acids is 2. The van der Waals surface area contributed by atoms with E-state index in [0.29, 0.717) is 43.1 Å². The van der Waals surface area contributed by atoms with Crippen LogP contribution in [-0.2, 0) is 4.79 Å². The predicted molar refractivity (Wildman–Crippen MR) is 109 cm³/mol. The van der Waals surface area contributed by atoms with Crippen molar-refractivity contribution in [2.24, 2.45) is 5.92 Å². The maximum atomic E-state index is 13.0. The van der Waals surface area contributed by atoms with Gasteiger partial charge in [0.15, 0.2) is 0 Å². The molecule has 0 saturated carbocycles. The zero-order valence-corrected chi connectivity index (χ0v) is 16.6. The number of hydrogen-bond acceptors (Lipinski definition) is 2. The van der Waals surface area contributed by atoms with Crippen molar-refractivity contribution in [1.29, 1.82) is 0 Å². The Hall–Kier alpha value is -2.33. The van der Waals surface area contributed by atoms with Crippen molar-refractivity contribution in [2.75, 3.05) is 24.5 Å². The molecular weight excluding hydrogens is 360 g/mol. The topological polar surface area (TPSA) is 40.6 Å². The number of carbonyl (C=O) groups is 2. The van der Waals surface area contributed by atoms with Crippen LogP contribution in [-0.4, -0.2) is 36.3 Å². The van der Waals surface area contributed by atoms with E-state index >= 15 is 0 Å². The number of rotatable bonds is 4. The van der Waals surface area contributed by atoms with Gasteiger partial charge in [0.05, 0.1) is 0 Å². The van der Waals surface area contributed by atoms with Crippen LogP contribution in [0.25, 0.3) is 0 Å². The molecule has 4 nitrogen and oxygen atoms in total. The highest BCUT2D eigenvalue weighted by molar-refractivity contribution is 6.30. The molecule has 1 heterocycles. The fourth-order valence-corrected chi connectivity index (χ4v) is 3.81. The number of amides is 2. The standard InChI is InChI=1S/C22H25ClN2O2/c1-3-25(20-9-4-6-16(2)14-20)22(27)17-10-12-24(13-11-17)21(26)18-7-5-8-19(23)15-18/h4-9,14-15,17H,3,10-13H2,1-2H3. The quantitative estimate of drug-likeness (QED) is 0.775. The van der Waals surface area contributed by atoms with Crippen LogP contribution in [0.3, 0.4) is 0 Å². The van der Waals surface area contributed by atoms with Gasteiger partial charge in [-0.1, -0.05) is 29.8 Å². The smallest absolute Gasteiger partial charge is 0.253 e. The molecule has 0 N–H and O–H groups in total. The molecule has 27 heavy (non-hydrogen) atoms. The number of halogens is 1. The van der Waals surface area contributed by atoms with Crippen molar-refractivity contribution in [2.45, 2.75) is 26.7 Å². The number of piperidine rings is 1. The van der Waals surface area contributed by atoms with Crippen molar-refractivity contribution in [3.05, 3.63) is 64.7 Å². The molecule has 1 aliphatic heterocycles. The van der Waals surface area contributed by atoms with E-state index in [0.717, 1.165) is 11.3 Å². The van der Waals surface area contributed by atoms with Crippen LogP contribution in [0, 0.1) is 12.8 Å². The Labute approximate surface area is 165 Å². The van der Waals surface area contributed by atoms with Crippen molar-refractivity contribution in [3.63, 3.8) is 0 Å². The third-order valence-electron chi connectivity index (χ3n) is 5.10. The first-order valence-corrected chi connectivity index (χ1v) is 9.80. The third-order valence-corrected chi connectivity index (χ3v) is 5.33. The first-order chi connectivity index (χ1) is 13.0. The molecule has 2 aromatic rings. The van der Waals surface area contributed by atoms with Crippen molar-refractivity contribution >= 4 is 29.1 Å². The summed E-state index contributed by atoms with van der Waals surface area (Å²) in [5.74, 6) is 0.0845. The molecule has 2 amide bonds. The highest BCUT2D eigenvalue weighted by Gasteiger charge is 2.30. The van der Waals surface area contributed by atoms with E-state index in [1.807, 2.05) is 47.9 Å².